The molecule has 0 saturated heterocycles. The quantitative estimate of drug-likeness (QED) is 0.561. The lowest BCUT2D eigenvalue weighted by atomic mass is 10.1. The largest absolute Gasteiger partial charge is 0.457 e. The molecular weight excluding hydrogens is 371 g/mol. The van der Waals surface area contributed by atoms with Crippen molar-refractivity contribution >= 4 is 11.6 Å². The molecule has 0 saturated carbocycles. The molecule has 2 aromatic carbocycles. The molecule has 0 bridgehead atoms. The molecule has 3 aromatic rings. The lowest BCUT2D eigenvalue weighted by Gasteiger charge is -2.13. The Balaban J connectivity index is 1.65. The van der Waals surface area contributed by atoms with E-state index >= 15 is 0 Å². The molecule has 5 nitrogen and oxygen atoms in total. The number of anilines is 1. The number of ether oxygens (including phenoxy) is 2. The van der Waals surface area contributed by atoms with Crippen LogP contribution in [0, 0.1) is 12.7 Å². The van der Waals surface area contributed by atoms with Gasteiger partial charge in [0.25, 0.3) is 5.91 Å². The maximum atomic E-state index is 13.0. The van der Waals surface area contributed by atoms with Crippen LogP contribution in [0.5, 0.6) is 11.5 Å². The van der Waals surface area contributed by atoms with E-state index in [0.29, 0.717) is 35.1 Å². The molecule has 1 atom stereocenters. The van der Waals surface area contributed by atoms with E-state index in [9.17, 15) is 9.18 Å². The standard InChI is InChI=1S/C23H23FN2O3/c1-4-28-16(3)22-14-13-21(15(2)25-22)23(27)26-18-7-11-20(12-8-18)29-19-9-5-17(24)6-10-19/h5-14,16H,4H2,1-3H3,(H,26,27). The van der Waals surface area contributed by atoms with Gasteiger partial charge in [-0.25, -0.2) is 4.39 Å². The number of hydrogen-bond donors (Lipinski definition) is 1. The Labute approximate surface area is 169 Å². The van der Waals surface area contributed by atoms with Crippen molar-refractivity contribution in [2.24, 2.45) is 0 Å². The van der Waals surface area contributed by atoms with Gasteiger partial charge in [0.2, 0.25) is 0 Å². The Bertz CT molecular complexity index is 972. The van der Waals surface area contributed by atoms with Crippen molar-refractivity contribution in [3.8, 4) is 11.5 Å². The molecule has 1 amide bonds. The summed E-state index contributed by atoms with van der Waals surface area (Å²) in [5.41, 5.74) is 2.57. The van der Waals surface area contributed by atoms with Gasteiger partial charge in [0, 0.05) is 12.3 Å². The zero-order valence-corrected chi connectivity index (χ0v) is 16.6. The number of rotatable bonds is 7. The number of aromatic nitrogens is 1. The third-order valence-electron chi connectivity index (χ3n) is 4.35. The summed E-state index contributed by atoms with van der Waals surface area (Å²) >= 11 is 0. The van der Waals surface area contributed by atoms with Gasteiger partial charge in [-0.3, -0.25) is 9.78 Å². The molecule has 29 heavy (non-hydrogen) atoms. The minimum absolute atomic E-state index is 0.121. The third-order valence-corrected chi connectivity index (χ3v) is 4.35. The van der Waals surface area contributed by atoms with E-state index < -0.39 is 0 Å². The van der Waals surface area contributed by atoms with Crippen LogP contribution in [-0.4, -0.2) is 17.5 Å². The summed E-state index contributed by atoms with van der Waals surface area (Å²) in [6.45, 7) is 6.27. The van der Waals surface area contributed by atoms with E-state index in [4.69, 9.17) is 9.47 Å². The average molecular weight is 394 g/mol. The first-order valence-electron chi connectivity index (χ1n) is 9.40. The predicted molar refractivity (Wildman–Crippen MR) is 110 cm³/mol. The number of pyridine rings is 1. The minimum atomic E-state index is -0.319. The highest BCUT2D eigenvalue weighted by Gasteiger charge is 2.14. The number of halogens is 1. The lowest BCUT2D eigenvalue weighted by Crippen LogP contribution is -2.15. The number of aryl methyl sites for hydroxylation is 1. The van der Waals surface area contributed by atoms with E-state index in [1.807, 2.05) is 19.9 Å². The highest BCUT2D eigenvalue weighted by atomic mass is 19.1. The van der Waals surface area contributed by atoms with Crippen LogP contribution in [0.1, 0.15) is 41.7 Å². The smallest absolute Gasteiger partial charge is 0.257 e. The Morgan fingerprint density at radius 3 is 2.24 bits per heavy atom. The zero-order valence-electron chi connectivity index (χ0n) is 16.6. The SMILES string of the molecule is CCOC(C)c1ccc(C(=O)Nc2ccc(Oc3ccc(F)cc3)cc2)c(C)n1. The average Bonchev–Trinajstić information content (AvgIpc) is 2.71. The van der Waals surface area contributed by atoms with Gasteiger partial charge in [-0.15, -0.1) is 0 Å². The van der Waals surface area contributed by atoms with Crippen LogP contribution in [0.2, 0.25) is 0 Å². The van der Waals surface area contributed by atoms with E-state index in [0.717, 1.165) is 5.69 Å². The van der Waals surface area contributed by atoms with Crippen molar-refractivity contribution in [2.45, 2.75) is 26.9 Å². The van der Waals surface area contributed by atoms with E-state index in [2.05, 4.69) is 10.3 Å². The second kappa shape index (κ2) is 9.30. The number of benzene rings is 2. The van der Waals surface area contributed by atoms with Crippen LogP contribution in [0.4, 0.5) is 10.1 Å². The van der Waals surface area contributed by atoms with Crippen molar-refractivity contribution in [1.82, 2.24) is 4.98 Å². The molecule has 1 aromatic heterocycles. The lowest BCUT2D eigenvalue weighted by molar-refractivity contribution is 0.0732. The van der Waals surface area contributed by atoms with Gasteiger partial charge in [-0.2, -0.15) is 0 Å². The molecule has 0 radical (unpaired) electrons. The fourth-order valence-corrected chi connectivity index (χ4v) is 2.83. The first-order chi connectivity index (χ1) is 14.0. The molecule has 150 valence electrons. The van der Waals surface area contributed by atoms with Gasteiger partial charge in [0.1, 0.15) is 17.3 Å². The molecule has 0 aliphatic heterocycles. The number of hydrogen-bond acceptors (Lipinski definition) is 4. The Hall–Kier alpha value is -3.25. The summed E-state index contributed by atoms with van der Waals surface area (Å²) in [6.07, 6.45) is -0.121. The normalized spacial score (nSPS) is 11.7. The Morgan fingerprint density at radius 1 is 1.03 bits per heavy atom. The summed E-state index contributed by atoms with van der Waals surface area (Å²) in [5, 5.41) is 2.86. The van der Waals surface area contributed by atoms with Gasteiger partial charge in [0.05, 0.1) is 23.1 Å². The van der Waals surface area contributed by atoms with Crippen LogP contribution in [0.3, 0.4) is 0 Å². The van der Waals surface area contributed by atoms with Crippen LogP contribution < -0.4 is 10.1 Å². The molecule has 3 rings (SSSR count). The first kappa shape index (κ1) is 20.5. The topological polar surface area (TPSA) is 60.5 Å². The molecule has 0 aliphatic carbocycles. The number of amides is 1. The molecule has 6 heteroatoms. The summed E-state index contributed by atoms with van der Waals surface area (Å²) in [6, 6.07) is 16.3. The fraction of sp³-hybridized carbons (Fsp3) is 0.217. The second-order valence-corrected chi connectivity index (χ2v) is 6.50. The third kappa shape index (κ3) is 5.39. The minimum Gasteiger partial charge on any atom is -0.457 e. The summed E-state index contributed by atoms with van der Waals surface area (Å²) in [5.74, 6) is 0.561. The number of carbonyl (C=O) groups is 1. The zero-order chi connectivity index (χ0) is 20.8. The molecule has 0 spiro atoms. The van der Waals surface area contributed by atoms with Gasteiger partial charge in [-0.05, 0) is 81.4 Å². The molecule has 0 fully saturated rings. The summed E-state index contributed by atoms with van der Waals surface area (Å²) in [7, 11) is 0. The van der Waals surface area contributed by atoms with E-state index in [-0.39, 0.29) is 17.8 Å². The first-order valence-corrected chi connectivity index (χ1v) is 9.40. The van der Waals surface area contributed by atoms with Crippen molar-refractivity contribution in [2.75, 3.05) is 11.9 Å². The van der Waals surface area contributed by atoms with Crippen LogP contribution in [0.25, 0.3) is 0 Å². The molecule has 1 N–H and O–H groups in total. The Morgan fingerprint density at radius 2 is 1.66 bits per heavy atom. The number of carbonyl (C=O) groups excluding carboxylic acids is 1. The summed E-state index contributed by atoms with van der Waals surface area (Å²) < 4.78 is 24.2. The number of nitrogens with one attached hydrogen (secondary N) is 1. The van der Waals surface area contributed by atoms with Gasteiger partial charge in [0.15, 0.2) is 0 Å². The highest BCUT2D eigenvalue weighted by Crippen LogP contribution is 2.24. The van der Waals surface area contributed by atoms with Crippen molar-refractivity contribution < 1.29 is 18.7 Å². The van der Waals surface area contributed by atoms with Gasteiger partial charge in [-0.1, -0.05) is 0 Å². The number of nitrogens with zero attached hydrogens (tertiary/aromatic N) is 1. The van der Waals surface area contributed by atoms with Crippen molar-refractivity contribution in [3.63, 3.8) is 0 Å². The maximum Gasteiger partial charge on any atom is 0.257 e. The molecule has 0 aliphatic rings. The van der Waals surface area contributed by atoms with E-state index in [1.165, 1.54) is 12.1 Å². The van der Waals surface area contributed by atoms with Gasteiger partial charge < -0.3 is 14.8 Å². The maximum absolute atomic E-state index is 13.0. The van der Waals surface area contributed by atoms with Gasteiger partial charge >= 0.3 is 0 Å². The Kier molecular flexibility index (Phi) is 6.57. The van der Waals surface area contributed by atoms with Crippen molar-refractivity contribution in [1.29, 1.82) is 0 Å². The van der Waals surface area contributed by atoms with Crippen LogP contribution in [-0.2, 0) is 4.74 Å². The highest BCUT2D eigenvalue weighted by molar-refractivity contribution is 6.05. The van der Waals surface area contributed by atoms with Crippen LogP contribution >= 0.6 is 0 Å². The van der Waals surface area contributed by atoms with Crippen LogP contribution in [0.15, 0.2) is 60.7 Å². The second-order valence-electron chi connectivity index (χ2n) is 6.50. The van der Waals surface area contributed by atoms with Crippen molar-refractivity contribution in [3.05, 3.63) is 83.4 Å². The monoisotopic (exact) mass is 394 g/mol. The molecule has 1 unspecified atom stereocenters. The fourth-order valence-electron chi connectivity index (χ4n) is 2.83. The molecular formula is C23H23FN2O3. The molecule has 1 heterocycles. The predicted octanol–water partition coefficient (Wildman–Crippen LogP) is 5.67. The van der Waals surface area contributed by atoms with E-state index in [1.54, 1.807) is 49.4 Å². The summed E-state index contributed by atoms with van der Waals surface area (Å²) in [4.78, 5) is 17.1.